The van der Waals surface area contributed by atoms with Crippen LogP contribution >= 0.6 is 35.3 Å². The number of pyridine rings is 1. The number of carbonyl (C=O) groups is 1. The Kier molecular flexibility index (Phi) is 7.92. The lowest BCUT2D eigenvalue weighted by atomic mass is 9.70. The van der Waals surface area contributed by atoms with Gasteiger partial charge in [0.05, 0.1) is 16.5 Å². The maximum absolute atomic E-state index is 14.1. The summed E-state index contributed by atoms with van der Waals surface area (Å²) in [7, 11) is 0. The van der Waals surface area contributed by atoms with Crippen LogP contribution in [0.4, 0.5) is 15.3 Å². The van der Waals surface area contributed by atoms with Gasteiger partial charge in [-0.25, -0.2) is 14.4 Å². The number of benzene rings is 1. The molecular weight excluding hydrogens is 476 g/mol. The SMILES string of the molecule is Cl.O=C(O)[C@]1(Cc2cccc(Nc3nccs3)n2)CC[C@@H](Oc2cccc(Cl)c2F)CC1. The fourth-order valence-electron chi connectivity index (χ4n) is 3.87. The van der Waals surface area contributed by atoms with Gasteiger partial charge in [-0.15, -0.1) is 23.7 Å². The van der Waals surface area contributed by atoms with Crippen molar-refractivity contribution in [2.45, 2.75) is 38.2 Å². The fraction of sp³-hybridized carbons (Fsp3) is 0.318. The van der Waals surface area contributed by atoms with Gasteiger partial charge in [-0.2, -0.15) is 0 Å². The highest BCUT2D eigenvalue weighted by Crippen LogP contribution is 2.41. The van der Waals surface area contributed by atoms with Crippen LogP contribution in [0.25, 0.3) is 0 Å². The number of carboxylic acids is 1. The molecule has 32 heavy (non-hydrogen) atoms. The zero-order valence-corrected chi connectivity index (χ0v) is 19.4. The van der Waals surface area contributed by atoms with Gasteiger partial charge in [0.1, 0.15) is 5.82 Å². The zero-order valence-electron chi connectivity index (χ0n) is 17.0. The largest absolute Gasteiger partial charge is 0.487 e. The molecule has 170 valence electrons. The van der Waals surface area contributed by atoms with E-state index < -0.39 is 17.2 Å². The molecule has 0 spiro atoms. The minimum absolute atomic E-state index is 0. The van der Waals surface area contributed by atoms with Crippen molar-refractivity contribution in [3.8, 4) is 5.75 Å². The van der Waals surface area contributed by atoms with Crippen LogP contribution in [0.1, 0.15) is 31.4 Å². The third kappa shape index (κ3) is 5.49. The van der Waals surface area contributed by atoms with E-state index in [2.05, 4.69) is 15.3 Å². The number of hydrogen-bond acceptors (Lipinski definition) is 6. The van der Waals surface area contributed by atoms with Crippen molar-refractivity contribution in [1.82, 2.24) is 9.97 Å². The quantitative estimate of drug-likeness (QED) is 0.408. The first-order valence-corrected chi connectivity index (χ1v) is 11.2. The summed E-state index contributed by atoms with van der Waals surface area (Å²) < 4.78 is 19.9. The fourth-order valence-corrected chi connectivity index (χ4v) is 4.57. The Bertz CT molecular complexity index is 1060. The van der Waals surface area contributed by atoms with Crippen molar-refractivity contribution in [2.24, 2.45) is 5.41 Å². The average Bonchev–Trinajstić information content (AvgIpc) is 3.26. The maximum atomic E-state index is 14.1. The number of carboxylic acid groups (broad SMARTS) is 1. The first-order chi connectivity index (χ1) is 14.9. The van der Waals surface area contributed by atoms with Gasteiger partial charge in [-0.1, -0.05) is 23.7 Å². The average molecular weight is 498 g/mol. The number of nitrogens with zero attached hydrogens (tertiary/aromatic N) is 2. The second-order valence-corrected chi connectivity index (χ2v) is 8.91. The predicted octanol–water partition coefficient (Wildman–Crippen LogP) is 6.13. The lowest BCUT2D eigenvalue weighted by Gasteiger charge is -2.36. The third-order valence-corrected chi connectivity index (χ3v) is 6.53. The number of aliphatic carboxylic acids is 1. The van der Waals surface area contributed by atoms with Gasteiger partial charge >= 0.3 is 5.97 Å². The molecule has 1 saturated carbocycles. The van der Waals surface area contributed by atoms with Crippen LogP contribution in [0.5, 0.6) is 5.75 Å². The van der Waals surface area contributed by atoms with Gasteiger partial charge < -0.3 is 15.2 Å². The summed E-state index contributed by atoms with van der Waals surface area (Å²) in [5.74, 6) is -0.711. The van der Waals surface area contributed by atoms with E-state index in [-0.39, 0.29) is 29.3 Å². The molecule has 10 heteroatoms. The summed E-state index contributed by atoms with van der Waals surface area (Å²) in [6.07, 6.45) is 3.61. The highest BCUT2D eigenvalue weighted by Gasteiger charge is 2.43. The topological polar surface area (TPSA) is 84.3 Å². The summed E-state index contributed by atoms with van der Waals surface area (Å²) in [6.45, 7) is 0. The summed E-state index contributed by atoms with van der Waals surface area (Å²) in [5.41, 5.74) is -0.233. The summed E-state index contributed by atoms with van der Waals surface area (Å²) >= 11 is 7.28. The van der Waals surface area contributed by atoms with Crippen LogP contribution in [0.3, 0.4) is 0 Å². The standard InChI is InChI=1S/C22H21ClFN3O3S.ClH/c23-16-4-2-5-17(19(16)24)30-15-7-9-22(10-8-15,20(28)29)13-14-3-1-6-18(26-14)27-21-25-11-12-31-21;/h1-6,11-12,15H,7-10,13H2,(H,28,29)(H,25,26,27);1H/t15-,22-;. The van der Waals surface area contributed by atoms with Crippen molar-refractivity contribution < 1.29 is 19.0 Å². The number of nitrogens with one attached hydrogen (secondary N) is 1. The highest BCUT2D eigenvalue weighted by molar-refractivity contribution is 7.13. The minimum Gasteiger partial charge on any atom is -0.487 e. The molecule has 2 N–H and O–H groups in total. The van der Waals surface area contributed by atoms with Crippen molar-refractivity contribution >= 4 is 52.3 Å². The number of halogens is 3. The molecule has 0 bridgehead atoms. The number of hydrogen-bond donors (Lipinski definition) is 2. The molecule has 2 aromatic heterocycles. The van der Waals surface area contributed by atoms with Crippen molar-refractivity contribution in [3.05, 3.63) is 64.5 Å². The Morgan fingerprint density at radius 3 is 2.72 bits per heavy atom. The van der Waals surface area contributed by atoms with Gasteiger partial charge in [0.2, 0.25) is 0 Å². The molecule has 0 aliphatic heterocycles. The Morgan fingerprint density at radius 2 is 2.03 bits per heavy atom. The van der Waals surface area contributed by atoms with Gasteiger partial charge in [0.25, 0.3) is 0 Å². The molecule has 0 saturated heterocycles. The van der Waals surface area contributed by atoms with Crippen molar-refractivity contribution in [2.75, 3.05) is 5.32 Å². The van der Waals surface area contributed by atoms with Gasteiger partial charge in [-0.05, 0) is 49.9 Å². The molecule has 2 heterocycles. The summed E-state index contributed by atoms with van der Waals surface area (Å²) in [4.78, 5) is 21.0. The van der Waals surface area contributed by atoms with E-state index in [1.54, 1.807) is 12.3 Å². The number of aromatic nitrogens is 2. The third-order valence-electron chi connectivity index (χ3n) is 5.55. The Morgan fingerprint density at radius 1 is 1.28 bits per heavy atom. The van der Waals surface area contributed by atoms with Crippen molar-refractivity contribution in [3.63, 3.8) is 0 Å². The van der Waals surface area contributed by atoms with Crippen LogP contribution in [0.15, 0.2) is 48.0 Å². The maximum Gasteiger partial charge on any atom is 0.310 e. The van der Waals surface area contributed by atoms with E-state index in [9.17, 15) is 14.3 Å². The first kappa shape index (κ1) is 24.2. The van der Waals surface area contributed by atoms with Crippen LogP contribution < -0.4 is 10.1 Å². The lowest BCUT2D eigenvalue weighted by Crippen LogP contribution is -2.40. The van der Waals surface area contributed by atoms with Gasteiger partial charge in [0.15, 0.2) is 16.7 Å². The van der Waals surface area contributed by atoms with Gasteiger partial charge in [-0.3, -0.25) is 4.79 Å². The number of anilines is 2. The van der Waals surface area contributed by atoms with Gasteiger partial charge in [0, 0.05) is 23.7 Å². The molecule has 4 rings (SSSR count). The number of thiazole rings is 1. The molecule has 1 fully saturated rings. The highest BCUT2D eigenvalue weighted by atomic mass is 35.5. The van der Waals surface area contributed by atoms with E-state index in [1.807, 2.05) is 23.6 Å². The lowest BCUT2D eigenvalue weighted by molar-refractivity contribution is -0.152. The molecular formula is C22H22Cl2FN3O3S. The second kappa shape index (κ2) is 10.5. The van der Waals surface area contributed by atoms with E-state index in [1.165, 1.54) is 23.5 Å². The molecule has 3 aromatic rings. The van der Waals surface area contributed by atoms with E-state index in [0.29, 0.717) is 43.6 Å². The minimum atomic E-state index is -0.931. The van der Waals surface area contributed by atoms with Crippen LogP contribution in [-0.4, -0.2) is 27.1 Å². The van der Waals surface area contributed by atoms with Crippen molar-refractivity contribution in [1.29, 1.82) is 0 Å². The van der Waals surface area contributed by atoms with Crippen LogP contribution in [0.2, 0.25) is 5.02 Å². The molecule has 1 aliphatic rings. The Labute approximate surface area is 200 Å². The summed E-state index contributed by atoms with van der Waals surface area (Å²) in [6, 6.07) is 10.1. The molecule has 0 radical (unpaired) electrons. The van der Waals surface area contributed by atoms with E-state index in [4.69, 9.17) is 16.3 Å². The molecule has 1 aliphatic carbocycles. The summed E-state index contributed by atoms with van der Waals surface area (Å²) in [5, 5.41) is 15.7. The smallest absolute Gasteiger partial charge is 0.310 e. The number of rotatable bonds is 7. The molecule has 6 nitrogen and oxygen atoms in total. The molecule has 0 atom stereocenters. The Balaban J connectivity index is 0.00000289. The number of ether oxygens (including phenoxy) is 1. The molecule has 1 aromatic carbocycles. The Hall–Kier alpha value is -2.42. The zero-order chi connectivity index (χ0) is 21.8. The predicted molar refractivity (Wildman–Crippen MR) is 125 cm³/mol. The van der Waals surface area contributed by atoms with Crippen LogP contribution in [0, 0.1) is 11.2 Å². The first-order valence-electron chi connectivity index (χ1n) is 9.92. The van der Waals surface area contributed by atoms with Crippen LogP contribution in [-0.2, 0) is 11.2 Å². The monoisotopic (exact) mass is 497 g/mol. The molecule has 0 amide bonds. The molecule has 0 unspecified atom stereocenters. The van der Waals surface area contributed by atoms with E-state index in [0.717, 1.165) is 5.13 Å². The van der Waals surface area contributed by atoms with E-state index >= 15 is 0 Å². The second-order valence-electron chi connectivity index (χ2n) is 7.61. The normalized spacial score (nSPS) is 20.2.